The highest BCUT2D eigenvalue weighted by Gasteiger charge is 2.09. The van der Waals surface area contributed by atoms with Crippen molar-refractivity contribution < 1.29 is 14.3 Å². The number of carbonyl (C=O) groups excluding carboxylic acids is 1. The van der Waals surface area contributed by atoms with Crippen LogP contribution in [0.2, 0.25) is 0 Å². The summed E-state index contributed by atoms with van der Waals surface area (Å²) >= 11 is 0. The highest BCUT2D eigenvalue weighted by Crippen LogP contribution is 2.24. The number of nitrogens with one attached hydrogen (secondary N) is 1. The molecular weight excluding hydrogens is 302 g/mol. The van der Waals surface area contributed by atoms with Crippen LogP contribution in [0.1, 0.15) is 18.1 Å². The third-order valence-electron chi connectivity index (χ3n) is 3.48. The van der Waals surface area contributed by atoms with Crippen LogP contribution in [0.25, 0.3) is 0 Å². The van der Waals surface area contributed by atoms with Gasteiger partial charge < -0.3 is 14.8 Å². The van der Waals surface area contributed by atoms with E-state index in [1.165, 1.54) is 5.56 Å². The molecule has 0 saturated heterocycles. The number of rotatable bonds is 7. The normalized spacial score (nSPS) is 10.1. The van der Waals surface area contributed by atoms with E-state index in [4.69, 9.17) is 9.47 Å². The Bertz CT molecular complexity index is 737. The summed E-state index contributed by atoms with van der Waals surface area (Å²) in [6.07, 6.45) is 0. The van der Waals surface area contributed by atoms with Crippen LogP contribution in [0, 0.1) is 13.8 Å². The van der Waals surface area contributed by atoms with Gasteiger partial charge in [0.2, 0.25) is 0 Å². The number of anilines is 1. The van der Waals surface area contributed by atoms with Gasteiger partial charge >= 0.3 is 0 Å². The Hall–Kier alpha value is -2.75. The molecule has 0 heterocycles. The van der Waals surface area contributed by atoms with Crippen LogP contribution in [0.15, 0.2) is 54.6 Å². The second-order valence-corrected chi connectivity index (χ2v) is 5.82. The molecule has 0 atom stereocenters. The molecule has 2 aromatic rings. The van der Waals surface area contributed by atoms with Crippen LogP contribution >= 0.6 is 0 Å². The Kier molecular flexibility index (Phi) is 6.01. The molecule has 0 aliphatic rings. The summed E-state index contributed by atoms with van der Waals surface area (Å²) in [6, 6.07) is 13.1. The van der Waals surface area contributed by atoms with Crippen molar-refractivity contribution in [2.24, 2.45) is 0 Å². The first kappa shape index (κ1) is 17.6. The standard InChI is InChI=1S/C20H23NO3/c1-14(2)12-24-19-8-6-5-7-18(19)21-20(22)13-23-17-10-9-15(3)16(4)11-17/h5-11H,1,12-13H2,2-4H3,(H,21,22). The maximum atomic E-state index is 12.1. The monoisotopic (exact) mass is 325 g/mol. The van der Waals surface area contributed by atoms with Crippen molar-refractivity contribution in [2.45, 2.75) is 20.8 Å². The molecule has 1 amide bonds. The number of hydrogen-bond acceptors (Lipinski definition) is 3. The summed E-state index contributed by atoms with van der Waals surface area (Å²) in [7, 11) is 0. The number of amides is 1. The van der Waals surface area contributed by atoms with E-state index in [0.717, 1.165) is 11.1 Å². The molecule has 0 radical (unpaired) electrons. The van der Waals surface area contributed by atoms with E-state index >= 15 is 0 Å². The van der Waals surface area contributed by atoms with E-state index in [-0.39, 0.29) is 12.5 Å². The minimum Gasteiger partial charge on any atom is -0.487 e. The third kappa shape index (κ3) is 5.16. The zero-order valence-electron chi connectivity index (χ0n) is 14.4. The van der Waals surface area contributed by atoms with Gasteiger partial charge in [0.25, 0.3) is 5.91 Å². The maximum absolute atomic E-state index is 12.1. The Labute approximate surface area is 143 Å². The SMILES string of the molecule is C=C(C)COc1ccccc1NC(=O)COc1ccc(C)c(C)c1. The molecular formula is C20H23NO3. The second kappa shape index (κ2) is 8.20. The molecule has 24 heavy (non-hydrogen) atoms. The maximum Gasteiger partial charge on any atom is 0.262 e. The lowest BCUT2D eigenvalue weighted by atomic mass is 10.1. The van der Waals surface area contributed by atoms with E-state index in [1.54, 1.807) is 6.07 Å². The summed E-state index contributed by atoms with van der Waals surface area (Å²) in [5.41, 5.74) is 3.85. The lowest BCUT2D eigenvalue weighted by Crippen LogP contribution is -2.20. The molecule has 4 nitrogen and oxygen atoms in total. The summed E-state index contributed by atoms with van der Waals surface area (Å²) in [4.78, 5) is 12.1. The lowest BCUT2D eigenvalue weighted by molar-refractivity contribution is -0.118. The summed E-state index contributed by atoms with van der Waals surface area (Å²) in [5, 5.41) is 2.81. The quantitative estimate of drug-likeness (QED) is 0.773. The minimum absolute atomic E-state index is 0.0582. The molecule has 0 unspecified atom stereocenters. The largest absolute Gasteiger partial charge is 0.487 e. The fourth-order valence-electron chi connectivity index (χ4n) is 2.04. The first-order chi connectivity index (χ1) is 11.5. The van der Waals surface area contributed by atoms with E-state index < -0.39 is 0 Å². The van der Waals surface area contributed by atoms with Gasteiger partial charge in [0.05, 0.1) is 5.69 Å². The topological polar surface area (TPSA) is 47.6 Å². The number of para-hydroxylation sites is 2. The van der Waals surface area contributed by atoms with Gasteiger partial charge in [-0.2, -0.15) is 0 Å². The highest BCUT2D eigenvalue weighted by atomic mass is 16.5. The number of ether oxygens (including phenoxy) is 2. The fourth-order valence-corrected chi connectivity index (χ4v) is 2.04. The van der Waals surface area contributed by atoms with Crippen molar-refractivity contribution in [3.05, 3.63) is 65.7 Å². The number of carbonyl (C=O) groups is 1. The summed E-state index contributed by atoms with van der Waals surface area (Å²) in [5.74, 6) is 1.06. The average Bonchev–Trinajstić information content (AvgIpc) is 2.55. The zero-order valence-corrected chi connectivity index (χ0v) is 14.4. The van der Waals surface area contributed by atoms with Crippen LogP contribution in [0.4, 0.5) is 5.69 Å². The third-order valence-corrected chi connectivity index (χ3v) is 3.48. The smallest absolute Gasteiger partial charge is 0.262 e. The average molecular weight is 325 g/mol. The van der Waals surface area contributed by atoms with Crippen molar-refractivity contribution in [3.63, 3.8) is 0 Å². The van der Waals surface area contributed by atoms with Crippen LogP contribution < -0.4 is 14.8 Å². The molecule has 2 aromatic carbocycles. The molecule has 0 fully saturated rings. The van der Waals surface area contributed by atoms with Crippen molar-refractivity contribution in [2.75, 3.05) is 18.5 Å². The second-order valence-electron chi connectivity index (χ2n) is 5.82. The molecule has 0 aromatic heterocycles. The molecule has 0 aliphatic carbocycles. The highest BCUT2D eigenvalue weighted by molar-refractivity contribution is 5.93. The molecule has 0 spiro atoms. The molecule has 4 heteroatoms. The van der Waals surface area contributed by atoms with Crippen molar-refractivity contribution in [1.82, 2.24) is 0 Å². The van der Waals surface area contributed by atoms with Gasteiger partial charge in [-0.1, -0.05) is 24.8 Å². The Morgan fingerprint density at radius 2 is 1.79 bits per heavy atom. The molecule has 0 aliphatic heterocycles. The van der Waals surface area contributed by atoms with Crippen molar-refractivity contribution in [3.8, 4) is 11.5 Å². The van der Waals surface area contributed by atoms with Crippen LogP contribution in [0.5, 0.6) is 11.5 Å². The van der Waals surface area contributed by atoms with E-state index in [2.05, 4.69) is 11.9 Å². The van der Waals surface area contributed by atoms with Gasteiger partial charge in [-0.25, -0.2) is 0 Å². The predicted molar refractivity (Wildman–Crippen MR) is 96.8 cm³/mol. The van der Waals surface area contributed by atoms with Crippen LogP contribution in [0.3, 0.4) is 0 Å². The van der Waals surface area contributed by atoms with Gasteiger partial charge in [0.1, 0.15) is 18.1 Å². The van der Waals surface area contributed by atoms with E-state index in [1.807, 2.05) is 57.2 Å². The molecule has 2 rings (SSSR count). The fraction of sp³-hybridized carbons (Fsp3) is 0.250. The Morgan fingerprint density at radius 1 is 1.04 bits per heavy atom. The zero-order chi connectivity index (χ0) is 17.5. The predicted octanol–water partition coefficient (Wildman–Crippen LogP) is 4.28. The van der Waals surface area contributed by atoms with Crippen molar-refractivity contribution >= 4 is 11.6 Å². The lowest BCUT2D eigenvalue weighted by Gasteiger charge is -2.13. The number of aryl methyl sites for hydroxylation is 2. The van der Waals surface area contributed by atoms with Crippen LogP contribution in [-0.4, -0.2) is 19.1 Å². The first-order valence-electron chi connectivity index (χ1n) is 7.82. The minimum atomic E-state index is -0.236. The molecule has 126 valence electrons. The van der Waals surface area contributed by atoms with Gasteiger partial charge in [0.15, 0.2) is 6.61 Å². The molecule has 1 N–H and O–H groups in total. The van der Waals surface area contributed by atoms with Gasteiger partial charge in [-0.3, -0.25) is 4.79 Å². The van der Waals surface area contributed by atoms with E-state index in [9.17, 15) is 4.79 Å². The van der Waals surface area contributed by atoms with Gasteiger partial charge in [-0.05, 0) is 61.7 Å². The molecule has 0 bridgehead atoms. The summed E-state index contributed by atoms with van der Waals surface area (Å²) in [6.45, 7) is 10.1. The van der Waals surface area contributed by atoms with Gasteiger partial charge in [-0.15, -0.1) is 0 Å². The summed E-state index contributed by atoms with van der Waals surface area (Å²) < 4.78 is 11.2. The van der Waals surface area contributed by atoms with Gasteiger partial charge in [0, 0.05) is 0 Å². The Balaban J connectivity index is 1.94. The number of benzene rings is 2. The van der Waals surface area contributed by atoms with Crippen LogP contribution in [-0.2, 0) is 4.79 Å². The Morgan fingerprint density at radius 3 is 2.50 bits per heavy atom. The first-order valence-corrected chi connectivity index (χ1v) is 7.82. The molecule has 0 saturated carbocycles. The number of hydrogen-bond donors (Lipinski definition) is 1. The van der Waals surface area contributed by atoms with E-state index in [0.29, 0.717) is 23.8 Å². The van der Waals surface area contributed by atoms with Crippen molar-refractivity contribution in [1.29, 1.82) is 0 Å².